The molecular weight excluding hydrogens is 186 g/mol. The van der Waals surface area contributed by atoms with Crippen molar-refractivity contribution in [1.82, 2.24) is 4.98 Å². The summed E-state index contributed by atoms with van der Waals surface area (Å²) < 4.78 is 5.10. The summed E-state index contributed by atoms with van der Waals surface area (Å²) in [6.07, 6.45) is 1.41. The lowest BCUT2D eigenvalue weighted by Crippen LogP contribution is -2.09. The third kappa shape index (κ3) is 1.33. The van der Waals surface area contributed by atoms with E-state index in [1.54, 1.807) is 12.3 Å². The van der Waals surface area contributed by atoms with Gasteiger partial charge in [0.15, 0.2) is 5.58 Å². The largest absolute Gasteiger partial charge is 0.479 e. The molecule has 0 aliphatic carbocycles. The molecule has 1 unspecified atom stereocenters. The van der Waals surface area contributed by atoms with Crippen LogP contribution in [0.5, 0.6) is 0 Å². The molecule has 2 heterocycles. The van der Waals surface area contributed by atoms with Gasteiger partial charge in [0.2, 0.25) is 6.10 Å². The maximum atomic E-state index is 10.5. The third-order valence-corrected chi connectivity index (χ3v) is 1.85. The van der Waals surface area contributed by atoms with Crippen molar-refractivity contribution in [2.24, 2.45) is 0 Å². The van der Waals surface area contributed by atoms with Crippen LogP contribution in [0, 0.1) is 0 Å². The molecule has 5 heteroatoms. The van der Waals surface area contributed by atoms with E-state index < -0.39 is 12.1 Å². The normalized spacial score (nSPS) is 12.9. The van der Waals surface area contributed by atoms with Crippen molar-refractivity contribution in [2.45, 2.75) is 6.10 Å². The molecule has 0 saturated heterocycles. The number of aliphatic hydroxyl groups is 1. The monoisotopic (exact) mass is 193 g/mol. The topological polar surface area (TPSA) is 83.6 Å². The summed E-state index contributed by atoms with van der Waals surface area (Å²) in [6, 6.07) is 3.16. The predicted molar refractivity (Wildman–Crippen MR) is 46.6 cm³/mol. The van der Waals surface area contributed by atoms with E-state index >= 15 is 0 Å². The molecule has 2 aromatic heterocycles. The molecule has 0 amide bonds. The van der Waals surface area contributed by atoms with Crippen molar-refractivity contribution in [3.05, 3.63) is 30.3 Å². The molecule has 0 aromatic carbocycles. The van der Waals surface area contributed by atoms with Crippen molar-refractivity contribution in [3.8, 4) is 0 Å². The minimum atomic E-state index is -1.62. The first kappa shape index (κ1) is 8.71. The predicted octanol–water partition coefficient (Wildman–Crippen LogP) is 0.946. The Balaban J connectivity index is 2.50. The Morgan fingerprint density at radius 3 is 3.00 bits per heavy atom. The molecule has 14 heavy (non-hydrogen) atoms. The van der Waals surface area contributed by atoms with Gasteiger partial charge in [-0.25, -0.2) is 4.79 Å². The Morgan fingerprint density at radius 2 is 2.36 bits per heavy atom. The lowest BCUT2D eigenvalue weighted by atomic mass is 10.2. The number of aliphatic carboxylic acids is 1. The van der Waals surface area contributed by atoms with Gasteiger partial charge < -0.3 is 14.6 Å². The van der Waals surface area contributed by atoms with Gasteiger partial charge in [0.25, 0.3) is 0 Å². The van der Waals surface area contributed by atoms with Gasteiger partial charge in [0.05, 0.1) is 6.20 Å². The molecule has 2 rings (SSSR count). The zero-order valence-corrected chi connectivity index (χ0v) is 7.04. The number of hydrogen-bond donors (Lipinski definition) is 2. The third-order valence-electron chi connectivity index (χ3n) is 1.85. The van der Waals surface area contributed by atoms with Crippen LogP contribution in [0.2, 0.25) is 0 Å². The smallest absolute Gasteiger partial charge is 0.340 e. The summed E-state index contributed by atoms with van der Waals surface area (Å²) in [4.78, 5) is 14.3. The van der Waals surface area contributed by atoms with E-state index in [1.807, 2.05) is 0 Å². The average Bonchev–Trinajstić information content (AvgIpc) is 2.59. The minimum absolute atomic E-state index is 0.0144. The van der Waals surface area contributed by atoms with E-state index in [0.29, 0.717) is 5.58 Å². The fourth-order valence-corrected chi connectivity index (χ4v) is 1.16. The molecule has 72 valence electrons. The van der Waals surface area contributed by atoms with Crippen LogP contribution in [-0.2, 0) is 4.79 Å². The van der Waals surface area contributed by atoms with Crippen LogP contribution in [0.4, 0.5) is 0 Å². The van der Waals surface area contributed by atoms with E-state index in [1.165, 1.54) is 12.3 Å². The van der Waals surface area contributed by atoms with E-state index in [2.05, 4.69) is 4.98 Å². The Kier molecular flexibility index (Phi) is 1.94. The van der Waals surface area contributed by atoms with Gasteiger partial charge in [-0.3, -0.25) is 4.98 Å². The van der Waals surface area contributed by atoms with E-state index in [-0.39, 0.29) is 5.76 Å². The van der Waals surface area contributed by atoms with Crippen LogP contribution in [0.25, 0.3) is 11.0 Å². The van der Waals surface area contributed by atoms with Gasteiger partial charge in [-0.1, -0.05) is 0 Å². The second-order valence-corrected chi connectivity index (χ2v) is 2.80. The van der Waals surface area contributed by atoms with Crippen LogP contribution >= 0.6 is 0 Å². The fraction of sp³-hybridized carbons (Fsp3) is 0.111. The van der Waals surface area contributed by atoms with Crippen molar-refractivity contribution in [3.63, 3.8) is 0 Å². The molecule has 0 spiro atoms. The molecule has 1 atom stereocenters. The summed E-state index contributed by atoms with van der Waals surface area (Å²) in [7, 11) is 0. The maximum Gasteiger partial charge on any atom is 0.340 e. The summed E-state index contributed by atoms with van der Waals surface area (Å²) in [5.41, 5.74) is 0.461. The van der Waals surface area contributed by atoms with Crippen molar-refractivity contribution >= 4 is 16.9 Å². The first-order valence-electron chi connectivity index (χ1n) is 3.93. The first-order valence-corrected chi connectivity index (χ1v) is 3.93. The molecule has 2 aromatic rings. The number of carboxylic acid groups (broad SMARTS) is 1. The van der Waals surface area contributed by atoms with Gasteiger partial charge in [-0.2, -0.15) is 0 Å². The van der Waals surface area contributed by atoms with Gasteiger partial charge >= 0.3 is 5.97 Å². The number of rotatable bonds is 2. The molecule has 0 fully saturated rings. The molecule has 5 nitrogen and oxygen atoms in total. The van der Waals surface area contributed by atoms with E-state index in [9.17, 15) is 9.90 Å². The van der Waals surface area contributed by atoms with Crippen LogP contribution in [0.15, 0.2) is 28.9 Å². The highest BCUT2D eigenvalue weighted by molar-refractivity contribution is 5.80. The Morgan fingerprint density at radius 1 is 1.57 bits per heavy atom. The highest BCUT2D eigenvalue weighted by Crippen LogP contribution is 2.22. The summed E-state index contributed by atoms with van der Waals surface area (Å²) in [6.45, 7) is 0. The zero-order valence-electron chi connectivity index (χ0n) is 7.04. The number of aromatic nitrogens is 1. The van der Waals surface area contributed by atoms with Crippen LogP contribution in [-0.4, -0.2) is 21.2 Å². The summed E-state index contributed by atoms with van der Waals surface area (Å²) in [5.74, 6) is -1.32. The number of furan rings is 1. The SMILES string of the molecule is O=C(O)C(O)c1cc2ccncc2o1. The molecule has 0 aliphatic rings. The number of carbonyl (C=O) groups is 1. The molecule has 0 saturated carbocycles. The van der Waals surface area contributed by atoms with Gasteiger partial charge in [-0.05, 0) is 12.1 Å². The fourth-order valence-electron chi connectivity index (χ4n) is 1.16. The molecule has 0 radical (unpaired) electrons. The first-order chi connectivity index (χ1) is 6.68. The van der Waals surface area contributed by atoms with Crippen LogP contribution in [0.3, 0.4) is 0 Å². The van der Waals surface area contributed by atoms with Crippen LogP contribution < -0.4 is 0 Å². The number of pyridine rings is 1. The highest BCUT2D eigenvalue weighted by atomic mass is 16.4. The zero-order chi connectivity index (χ0) is 10.1. The number of hydrogen-bond acceptors (Lipinski definition) is 4. The Labute approximate surface area is 78.6 Å². The van der Waals surface area contributed by atoms with Crippen LogP contribution in [0.1, 0.15) is 11.9 Å². The van der Waals surface area contributed by atoms with Crippen molar-refractivity contribution in [1.29, 1.82) is 0 Å². The lowest BCUT2D eigenvalue weighted by Gasteiger charge is -1.98. The number of fused-ring (bicyclic) bond motifs is 1. The van der Waals surface area contributed by atoms with Gasteiger partial charge in [-0.15, -0.1) is 0 Å². The Bertz CT molecular complexity index is 443. The molecule has 0 bridgehead atoms. The number of aliphatic hydroxyl groups excluding tert-OH is 1. The maximum absolute atomic E-state index is 10.5. The average molecular weight is 193 g/mol. The van der Waals surface area contributed by atoms with E-state index in [4.69, 9.17) is 9.52 Å². The quantitative estimate of drug-likeness (QED) is 0.741. The highest BCUT2D eigenvalue weighted by Gasteiger charge is 2.20. The standard InChI is InChI=1S/C9H7NO4/c11-8(9(12)13)6-3-5-1-2-10-4-7(5)14-6/h1-4,8,11H,(H,12,13). The van der Waals surface area contributed by atoms with Crippen molar-refractivity contribution < 1.29 is 19.4 Å². The van der Waals surface area contributed by atoms with Gasteiger partial charge in [0, 0.05) is 11.6 Å². The molecule has 2 N–H and O–H groups in total. The Hall–Kier alpha value is -1.88. The molecular formula is C9H7NO4. The minimum Gasteiger partial charge on any atom is -0.479 e. The second-order valence-electron chi connectivity index (χ2n) is 2.80. The molecule has 0 aliphatic heterocycles. The second kappa shape index (κ2) is 3.12. The summed E-state index contributed by atoms with van der Waals surface area (Å²) in [5, 5.41) is 18.4. The van der Waals surface area contributed by atoms with E-state index in [0.717, 1.165) is 5.39 Å². The van der Waals surface area contributed by atoms with Gasteiger partial charge in [0.1, 0.15) is 5.76 Å². The number of carboxylic acids is 1. The summed E-state index contributed by atoms with van der Waals surface area (Å²) >= 11 is 0. The number of nitrogens with zero attached hydrogens (tertiary/aromatic N) is 1. The lowest BCUT2D eigenvalue weighted by molar-refractivity contribution is -0.147. The van der Waals surface area contributed by atoms with Crippen molar-refractivity contribution in [2.75, 3.05) is 0 Å².